The molecule has 0 saturated heterocycles. The van der Waals surface area contributed by atoms with Gasteiger partial charge in [0.25, 0.3) is 6.43 Å². The van der Waals surface area contributed by atoms with E-state index >= 15 is 0 Å². The average Bonchev–Trinajstić information content (AvgIpc) is 2.27. The summed E-state index contributed by atoms with van der Waals surface area (Å²) >= 11 is 0. The third kappa shape index (κ3) is 3.61. The highest BCUT2D eigenvalue weighted by Crippen LogP contribution is 2.29. The maximum atomic E-state index is 13.6. The number of aliphatic hydroxyl groups excluding tert-OH is 2. The van der Waals surface area contributed by atoms with Gasteiger partial charge in [0.2, 0.25) is 0 Å². The van der Waals surface area contributed by atoms with Crippen LogP contribution >= 0.6 is 0 Å². The molecule has 2 N–H and O–H groups in total. The molecular formula is C12H16F3NO2. The number of rotatable bonds is 6. The maximum Gasteiger partial charge on any atom is 0.255 e. The van der Waals surface area contributed by atoms with Crippen LogP contribution in [0.4, 0.5) is 18.9 Å². The molecule has 18 heavy (non-hydrogen) atoms. The van der Waals surface area contributed by atoms with Gasteiger partial charge in [-0.15, -0.1) is 0 Å². The second kappa shape index (κ2) is 6.61. The van der Waals surface area contributed by atoms with Crippen molar-refractivity contribution in [1.29, 1.82) is 0 Å². The number of hydrogen-bond donors (Lipinski definition) is 2. The Bertz CT molecular complexity index is 386. The molecule has 1 rings (SSSR count). The van der Waals surface area contributed by atoms with Gasteiger partial charge in [-0.2, -0.15) is 0 Å². The molecule has 0 aromatic heterocycles. The summed E-state index contributed by atoms with van der Waals surface area (Å²) in [5.74, 6) is -0.653. The normalized spacial score (nSPS) is 12.8. The molecule has 0 heterocycles. The van der Waals surface area contributed by atoms with Crippen LogP contribution in [0.25, 0.3) is 0 Å². The minimum absolute atomic E-state index is 0.0356. The lowest BCUT2D eigenvalue weighted by Gasteiger charge is -2.27. The van der Waals surface area contributed by atoms with Gasteiger partial charge in [0.1, 0.15) is 5.82 Å². The van der Waals surface area contributed by atoms with Gasteiger partial charge in [0, 0.05) is 17.8 Å². The van der Waals surface area contributed by atoms with E-state index in [1.807, 2.05) is 0 Å². The average molecular weight is 263 g/mol. The van der Waals surface area contributed by atoms with Crippen molar-refractivity contribution in [3.8, 4) is 0 Å². The molecule has 1 aromatic rings. The van der Waals surface area contributed by atoms with Crippen LogP contribution in [0.1, 0.15) is 18.6 Å². The van der Waals surface area contributed by atoms with Gasteiger partial charge in [-0.3, -0.25) is 0 Å². The van der Waals surface area contributed by atoms with Crippen molar-refractivity contribution in [2.75, 3.05) is 24.6 Å². The van der Waals surface area contributed by atoms with Crippen LogP contribution in [0.15, 0.2) is 18.2 Å². The van der Waals surface area contributed by atoms with E-state index in [-0.39, 0.29) is 24.4 Å². The monoisotopic (exact) mass is 263 g/mol. The van der Waals surface area contributed by atoms with E-state index in [4.69, 9.17) is 5.11 Å². The molecule has 0 bridgehead atoms. The number of alkyl halides is 2. The van der Waals surface area contributed by atoms with Crippen LogP contribution < -0.4 is 4.90 Å². The fraction of sp³-hybridized carbons (Fsp3) is 0.500. The van der Waals surface area contributed by atoms with Crippen LogP contribution in [-0.4, -0.2) is 36.3 Å². The summed E-state index contributed by atoms with van der Waals surface area (Å²) in [6, 6.07) is 3.99. The van der Waals surface area contributed by atoms with Crippen LogP contribution in [0.3, 0.4) is 0 Å². The minimum atomic E-state index is -2.61. The summed E-state index contributed by atoms with van der Waals surface area (Å²) < 4.78 is 38.5. The summed E-state index contributed by atoms with van der Waals surface area (Å²) in [6.07, 6.45) is -3.72. The standard InChI is InChI=1S/C12H16F3NO2/c1-8(18)12-9(13)3-2-4-10(12)16(5-6-17)7-11(14)15/h2-4,8,11,17-18H,5-7H2,1H3/t8-/m0/s1. The van der Waals surface area contributed by atoms with E-state index < -0.39 is 24.9 Å². The minimum Gasteiger partial charge on any atom is -0.395 e. The zero-order chi connectivity index (χ0) is 13.7. The lowest BCUT2D eigenvalue weighted by atomic mass is 10.1. The zero-order valence-electron chi connectivity index (χ0n) is 9.98. The lowest BCUT2D eigenvalue weighted by Crippen LogP contribution is -2.32. The first-order valence-electron chi connectivity index (χ1n) is 5.57. The van der Waals surface area contributed by atoms with Gasteiger partial charge < -0.3 is 15.1 Å². The Labute approximate surface area is 103 Å². The molecule has 0 unspecified atom stereocenters. The van der Waals surface area contributed by atoms with Gasteiger partial charge in [0.05, 0.1) is 19.3 Å². The summed E-state index contributed by atoms with van der Waals surface area (Å²) in [5, 5.41) is 18.4. The first-order valence-corrected chi connectivity index (χ1v) is 5.57. The third-order valence-corrected chi connectivity index (χ3v) is 2.52. The highest BCUT2D eigenvalue weighted by Gasteiger charge is 2.20. The van der Waals surface area contributed by atoms with E-state index in [0.717, 1.165) is 11.0 Å². The van der Waals surface area contributed by atoms with Crippen LogP contribution in [0, 0.1) is 5.82 Å². The summed E-state index contributed by atoms with van der Waals surface area (Å²) in [6.45, 7) is 0.362. The Kier molecular flexibility index (Phi) is 5.43. The fourth-order valence-corrected chi connectivity index (χ4v) is 1.81. The molecule has 0 aliphatic carbocycles. The number of halogens is 3. The van der Waals surface area contributed by atoms with E-state index in [0.29, 0.717) is 0 Å². The van der Waals surface area contributed by atoms with Crippen molar-refractivity contribution in [2.45, 2.75) is 19.5 Å². The highest BCUT2D eigenvalue weighted by molar-refractivity contribution is 5.55. The molecule has 0 fully saturated rings. The largest absolute Gasteiger partial charge is 0.395 e. The number of hydrogen-bond acceptors (Lipinski definition) is 3. The van der Waals surface area contributed by atoms with Crippen LogP contribution in [0.5, 0.6) is 0 Å². The smallest absolute Gasteiger partial charge is 0.255 e. The van der Waals surface area contributed by atoms with Gasteiger partial charge in [0.15, 0.2) is 0 Å². The Morgan fingerprint density at radius 3 is 2.50 bits per heavy atom. The molecular weight excluding hydrogens is 247 g/mol. The molecule has 6 heteroatoms. The molecule has 3 nitrogen and oxygen atoms in total. The molecule has 0 aliphatic rings. The van der Waals surface area contributed by atoms with Crippen molar-refractivity contribution in [3.63, 3.8) is 0 Å². The van der Waals surface area contributed by atoms with Crippen LogP contribution in [0.2, 0.25) is 0 Å². The Balaban J connectivity index is 3.14. The summed E-state index contributed by atoms with van der Waals surface area (Å²) in [7, 11) is 0. The molecule has 0 saturated carbocycles. The summed E-state index contributed by atoms with van der Waals surface area (Å²) in [4.78, 5) is 1.16. The van der Waals surface area contributed by atoms with Gasteiger partial charge >= 0.3 is 0 Å². The third-order valence-electron chi connectivity index (χ3n) is 2.52. The Morgan fingerprint density at radius 1 is 1.33 bits per heavy atom. The molecule has 0 amide bonds. The molecule has 1 aromatic carbocycles. The number of benzene rings is 1. The van der Waals surface area contributed by atoms with Crippen LogP contribution in [-0.2, 0) is 0 Å². The van der Waals surface area contributed by atoms with Crippen molar-refractivity contribution < 1.29 is 23.4 Å². The Morgan fingerprint density at radius 2 is 2.00 bits per heavy atom. The summed E-state index contributed by atoms with van der Waals surface area (Å²) in [5.41, 5.74) is 0.144. The Hall–Kier alpha value is -1.27. The lowest BCUT2D eigenvalue weighted by molar-refractivity contribution is 0.152. The second-order valence-corrected chi connectivity index (χ2v) is 3.91. The molecule has 0 aliphatic heterocycles. The predicted octanol–water partition coefficient (Wildman–Crippen LogP) is 1.94. The highest BCUT2D eigenvalue weighted by atomic mass is 19.3. The maximum absolute atomic E-state index is 13.6. The SMILES string of the molecule is C[C@H](O)c1c(F)cccc1N(CCO)CC(F)F. The van der Waals surface area contributed by atoms with Crippen molar-refractivity contribution in [1.82, 2.24) is 0 Å². The van der Waals surface area contributed by atoms with Gasteiger partial charge in [-0.05, 0) is 19.1 Å². The topological polar surface area (TPSA) is 43.7 Å². The molecule has 0 spiro atoms. The molecule has 0 radical (unpaired) electrons. The molecule has 1 atom stereocenters. The van der Waals surface area contributed by atoms with E-state index in [1.54, 1.807) is 0 Å². The molecule has 102 valence electrons. The van der Waals surface area contributed by atoms with E-state index in [9.17, 15) is 18.3 Å². The number of anilines is 1. The van der Waals surface area contributed by atoms with Crippen molar-refractivity contribution in [3.05, 3.63) is 29.6 Å². The van der Waals surface area contributed by atoms with Crippen molar-refractivity contribution in [2.24, 2.45) is 0 Å². The van der Waals surface area contributed by atoms with Gasteiger partial charge in [-0.1, -0.05) is 6.07 Å². The second-order valence-electron chi connectivity index (χ2n) is 3.91. The number of nitrogens with zero attached hydrogens (tertiary/aromatic N) is 1. The van der Waals surface area contributed by atoms with E-state index in [1.165, 1.54) is 19.1 Å². The zero-order valence-corrected chi connectivity index (χ0v) is 9.98. The quantitative estimate of drug-likeness (QED) is 0.824. The number of aliphatic hydroxyl groups is 2. The fourth-order valence-electron chi connectivity index (χ4n) is 1.81. The van der Waals surface area contributed by atoms with E-state index in [2.05, 4.69) is 0 Å². The first-order chi connectivity index (χ1) is 8.47. The van der Waals surface area contributed by atoms with Crippen molar-refractivity contribution >= 4 is 5.69 Å². The predicted molar refractivity (Wildman–Crippen MR) is 62.3 cm³/mol. The first kappa shape index (κ1) is 14.8. The van der Waals surface area contributed by atoms with Gasteiger partial charge in [-0.25, -0.2) is 13.2 Å².